The lowest BCUT2D eigenvalue weighted by Crippen LogP contribution is -2.46. The van der Waals surface area contributed by atoms with Crippen LogP contribution in [0.4, 0.5) is 0 Å². The first-order valence-electron chi connectivity index (χ1n) is 10.1. The second-order valence-electron chi connectivity index (χ2n) is 10.3. The van der Waals surface area contributed by atoms with Gasteiger partial charge in [0.05, 0.1) is 11.2 Å². The molecule has 0 spiro atoms. The average Bonchev–Trinajstić information content (AvgIpc) is 2.67. The van der Waals surface area contributed by atoms with Crippen molar-refractivity contribution >= 4 is 19.0 Å². The summed E-state index contributed by atoms with van der Waals surface area (Å²) in [7, 11) is -0.0822. The Morgan fingerprint density at radius 2 is 1.52 bits per heavy atom. The quantitative estimate of drug-likeness (QED) is 0.299. The fourth-order valence-electron chi connectivity index (χ4n) is 4.02. The molecule has 0 aromatic rings. The van der Waals surface area contributed by atoms with Crippen molar-refractivity contribution < 1.29 is 18.9 Å². The molecule has 1 N–H and O–H groups in total. The Kier molecular flexibility index (Phi) is 7.66. The topological polar surface area (TPSA) is 76.5 Å². The summed E-state index contributed by atoms with van der Waals surface area (Å²) < 4.78 is 12.2. The summed E-state index contributed by atoms with van der Waals surface area (Å²) in [5, 5.41) is 5.40. The van der Waals surface area contributed by atoms with E-state index >= 15 is 0 Å². The van der Waals surface area contributed by atoms with Gasteiger partial charge in [0.25, 0.3) is 0 Å². The van der Waals surface area contributed by atoms with E-state index in [-0.39, 0.29) is 29.2 Å². The van der Waals surface area contributed by atoms with Gasteiger partial charge in [-0.2, -0.15) is 0 Å². The summed E-state index contributed by atoms with van der Waals surface area (Å²) >= 11 is 0. The number of isocyanates is 1. The Bertz CT molecular complexity index is 537. The molecule has 2 rings (SSSR count). The van der Waals surface area contributed by atoms with Crippen LogP contribution >= 0.6 is 0 Å². The third-order valence-corrected chi connectivity index (χ3v) is 7.25. The van der Waals surface area contributed by atoms with Crippen molar-refractivity contribution in [1.82, 2.24) is 0 Å². The van der Waals surface area contributed by atoms with E-state index in [2.05, 4.69) is 55.4 Å². The van der Waals surface area contributed by atoms with E-state index in [4.69, 9.17) is 19.5 Å². The molecule has 5 nitrogen and oxygen atoms in total. The highest BCUT2D eigenvalue weighted by Gasteiger charge is 2.51. The Balaban J connectivity index is 0.00000114. The molecular formula is C21H38BNO4. The Morgan fingerprint density at radius 1 is 1.07 bits per heavy atom. The Hall–Kier alpha value is -0.965. The van der Waals surface area contributed by atoms with Crippen LogP contribution in [0.1, 0.15) is 87.5 Å². The maximum absolute atomic E-state index is 11.5. The van der Waals surface area contributed by atoms with Crippen LogP contribution in [0.3, 0.4) is 0 Å². The molecule has 27 heavy (non-hydrogen) atoms. The molecule has 1 saturated carbocycles. The van der Waals surface area contributed by atoms with Gasteiger partial charge in [-0.05, 0) is 57.2 Å². The first kappa shape index (κ1) is 24.1. The molecule has 2 fully saturated rings. The summed E-state index contributed by atoms with van der Waals surface area (Å²) in [6, 6.07) is 0. The summed E-state index contributed by atoms with van der Waals surface area (Å²) in [6.45, 7) is 17.8. The van der Waals surface area contributed by atoms with Crippen molar-refractivity contribution in [2.45, 2.75) is 105 Å². The number of nitrogens with one attached hydrogen (secondary N) is 1. The molecule has 1 unspecified atom stereocenters. The highest BCUT2D eigenvalue weighted by atomic mass is 16.7. The van der Waals surface area contributed by atoms with Gasteiger partial charge < -0.3 is 9.31 Å². The molecule has 154 valence electrons. The molecule has 1 atom stereocenters. The highest BCUT2D eigenvalue weighted by molar-refractivity contribution is 6.45. The summed E-state index contributed by atoms with van der Waals surface area (Å²) in [5.41, 5.74) is -0.00663. The van der Waals surface area contributed by atoms with Gasteiger partial charge in [0, 0.05) is 12.8 Å². The van der Waals surface area contributed by atoms with E-state index < -0.39 is 0 Å². The van der Waals surface area contributed by atoms with E-state index in [0.717, 1.165) is 31.7 Å². The predicted molar refractivity (Wildman–Crippen MR) is 108 cm³/mol. The van der Waals surface area contributed by atoms with E-state index in [9.17, 15) is 4.79 Å². The minimum atomic E-state index is -0.232. The molecule has 0 amide bonds. The SMILES string of the molecule is CC(C)(C)C(C)(CCCCB1OC(C)(C)C(C)(C)O1)C1CC(=O)C1.N=C=O. The third-order valence-electron chi connectivity index (χ3n) is 7.25. The molecule has 0 aromatic heterocycles. The monoisotopic (exact) mass is 379 g/mol. The average molecular weight is 379 g/mol. The van der Waals surface area contributed by atoms with E-state index in [1.807, 2.05) is 0 Å². The number of ketones is 1. The summed E-state index contributed by atoms with van der Waals surface area (Å²) in [4.78, 5) is 19.8. The summed E-state index contributed by atoms with van der Waals surface area (Å²) in [5.74, 6) is 0.995. The van der Waals surface area contributed by atoms with Crippen LogP contribution in [0.2, 0.25) is 6.32 Å². The van der Waals surface area contributed by atoms with E-state index in [0.29, 0.717) is 11.7 Å². The Morgan fingerprint density at radius 3 is 1.89 bits per heavy atom. The van der Waals surface area contributed by atoms with Crippen molar-refractivity contribution in [3.05, 3.63) is 0 Å². The number of carbonyl (C=O) groups is 1. The van der Waals surface area contributed by atoms with Gasteiger partial charge in [-0.15, -0.1) is 0 Å². The smallest absolute Gasteiger partial charge is 0.403 e. The van der Waals surface area contributed by atoms with Crippen molar-refractivity contribution in [2.75, 3.05) is 0 Å². The molecule has 0 aromatic carbocycles. The number of rotatable bonds is 6. The number of hydrogen-bond acceptors (Lipinski definition) is 5. The lowest BCUT2D eigenvalue weighted by atomic mass is 9.53. The van der Waals surface area contributed by atoms with Crippen molar-refractivity contribution in [1.29, 1.82) is 5.41 Å². The molecular weight excluding hydrogens is 341 g/mol. The van der Waals surface area contributed by atoms with Crippen LogP contribution in [0.15, 0.2) is 0 Å². The number of unbranched alkanes of at least 4 members (excludes halogenated alkanes) is 1. The molecule has 1 saturated heterocycles. The fourth-order valence-corrected chi connectivity index (χ4v) is 4.02. The van der Waals surface area contributed by atoms with Crippen LogP contribution in [0, 0.1) is 22.2 Å². The van der Waals surface area contributed by atoms with E-state index in [1.165, 1.54) is 12.8 Å². The molecule has 1 heterocycles. The zero-order chi connectivity index (χ0) is 21.1. The largest absolute Gasteiger partial charge is 0.457 e. The number of hydrogen-bond donors (Lipinski definition) is 1. The third kappa shape index (κ3) is 5.52. The number of Topliss-reactive ketones (excluding diaryl/α,β-unsaturated/α-hetero) is 1. The van der Waals surface area contributed by atoms with Crippen LogP contribution in [0.5, 0.6) is 0 Å². The Labute approximate surface area is 165 Å². The van der Waals surface area contributed by atoms with Gasteiger partial charge in [0.2, 0.25) is 6.08 Å². The van der Waals surface area contributed by atoms with Gasteiger partial charge in [0.1, 0.15) is 5.78 Å². The molecule has 6 heteroatoms. The first-order valence-corrected chi connectivity index (χ1v) is 10.1. The minimum Gasteiger partial charge on any atom is -0.403 e. The standard InChI is InChI=1S/C20H37BO3.CHNO/c1-17(2,3)20(8,15-13-16(22)14-15)11-9-10-12-21-23-18(4,5)19(6,7)24-21;2-1-3/h15H,9-14H2,1-8H3;2H. The summed E-state index contributed by atoms with van der Waals surface area (Å²) in [6.07, 6.45) is 6.73. The van der Waals surface area contributed by atoms with Crippen LogP contribution in [0.25, 0.3) is 0 Å². The molecule has 0 bridgehead atoms. The second-order valence-corrected chi connectivity index (χ2v) is 10.3. The predicted octanol–water partition coefficient (Wildman–Crippen LogP) is 5.18. The van der Waals surface area contributed by atoms with Gasteiger partial charge in [-0.3, -0.25) is 4.79 Å². The van der Waals surface area contributed by atoms with Crippen LogP contribution < -0.4 is 0 Å². The van der Waals surface area contributed by atoms with Gasteiger partial charge in [-0.1, -0.05) is 40.5 Å². The maximum atomic E-state index is 11.5. The zero-order valence-electron chi connectivity index (χ0n) is 18.5. The van der Waals surface area contributed by atoms with Gasteiger partial charge >= 0.3 is 7.12 Å². The minimum absolute atomic E-state index is 0.0822. The molecule has 1 aliphatic heterocycles. The van der Waals surface area contributed by atoms with Crippen LogP contribution in [-0.4, -0.2) is 30.2 Å². The van der Waals surface area contributed by atoms with Crippen molar-refractivity contribution in [3.8, 4) is 0 Å². The fraction of sp³-hybridized carbons (Fsp3) is 0.905. The lowest BCUT2D eigenvalue weighted by Gasteiger charge is -2.51. The van der Waals surface area contributed by atoms with Gasteiger partial charge in [0.15, 0.2) is 0 Å². The van der Waals surface area contributed by atoms with E-state index in [1.54, 1.807) is 0 Å². The molecule has 2 aliphatic rings. The zero-order valence-corrected chi connectivity index (χ0v) is 18.5. The molecule has 0 radical (unpaired) electrons. The van der Waals surface area contributed by atoms with Crippen molar-refractivity contribution in [2.24, 2.45) is 16.7 Å². The normalized spacial score (nSPS) is 23.7. The number of carbonyl (C=O) groups excluding carboxylic acids is 2. The molecule has 1 aliphatic carbocycles. The van der Waals surface area contributed by atoms with Crippen LogP contribution in [-0.2, 0) is 18.9 Å². The van der Waals surface area contributed by atoms with Crippen molar-refractivity contribution in [3.63, 3.8) is 0 Å². The maximum Gasteiger partial charge on any atom is 0.457 e. The highest BCUT2D eigenvalue weighted by Crippen LogP contribution is 2.54. The first-order chi connectivity index (χ1) is 12.2. The second kappa shape index (κ2) is 8.59. The lowest BCUT2D eigenvalue weighted by molar-refractivity contribution is -0.135. The van der Waals surface area contributed by atoms with Gasteiger partial charge in [-0.25, -0.2) is 10.2 Å².